The van der Waals surface area contributed by atoms with E-state index in [-0.39, 0.29) is 11.8 Å². The van der Waals surface area contributed by atoms with Crippen LogP contribution in [0.1, 0.15) is 39.0 Å². The van der Waals surface area contributed by atoms with Crippen molar-refractivity contribution in [1.82, 2.24) is 20.4 Å². The van der Waals surface area contributed by atoms with Gasteiger partial charge in [0.05, 0.1) is 5.56 Å². The summed E-state index contributed by atoms with van der Waals surface area (Å²) in [4.78, 5) is 23.8. The second-order valence-corrected chi connectivity index (χ2v) is 8.50. The third-order valence-electron chi connectivity index (χ3n) is 5.79. The van der Waals surface area contributed by atoms with Gasteiger partial charge in [-0.05, 0) is 55.7 Å². The van der Waals surface area contributed by atoms with Gasteiger partial charge in [0, 0.05) is 42.3 Å². The van der Waals surface area contributed by atoms with Crippen LogP contribution in [0.3, 0.4) is 0 Å². The number of benzene rings is 1. The molecule has 1 aliphatic rings. The summed E-state index contributed by atoms with van der Waals surface area (Å²) in [5.74, 6) is 1.96. The molecular weight excluding hydrogens is 426 g/mol. The molecule has 1 amide bonds. The number of halogens is 1. The zero-order valence-electron chi connectivity index (χ0n) is 18.3. The first kappa shape index (κ1) is 22.3. The van der Waals surface area contributed by atoms with Crippen molar-refractivity contribution in [3.8, 4) is 22.8 Å². The van der Waals surface area contributed by atoms with Gasteiger partial charge in [0.2, 0.25) is 11.7 Å². The van der Waals surface area contributed by atoms with Crippen LogP contribution in [0.2, 0.25) is 5.02 Å². The Kier molecular flexibility index (Phi) is 7.37. The minimum atomic E-state index is 0.0555. The number of rotatable bonds is 8. The Labute approximate surface area is 193 Å². The maximum absolute atomic E-state index is 12.5. The number of piperidine rings is 1. The first-order valence-corrected chi connectivity index (χ1v) is 11.6. The van der Waals surface area contributed by atoms with E-state index >= 15 is 0 Å². The minimum Gasteiger partial charge on any atom is -0.356 e. The highest BCUT2D eigenvalue weighted by Crippen LogP contribution is 2.32. The molecule has 1 aliphatic heterocycles. The molecule has 1 fully saturated rings. The van der Waals surface area contributed by atoms with Gasteiger partial charge in [0.1, 0.15) is 5.82 Å². The van der Waals surface area contributed by atoms with E-state index in [1.807, 2.05) is 24.3 Å². The van der Waals surface area contributed by atoms with E-state index in [9.17, 15) is 4.79 Å². The normalized spacial score (nSPS) is 14.5. The molecular formula is C24H28ClN5O2. The predicted octanol–water partition coefficient (Wildman–Crippen LogP) is 4.97. The van der Waals surface area contributed by atoms with Crippen LogP contribution in [0, 0.1) is 5.92 Å². The highest BCUT2D eigenvalue weighted by atomic mass is 35.5. The highest BCUT2D eigenvalue weighted by molar-refractivity contribution is 6.30. The molecule has 0 bridgehead atoms. The lowest BCUT2D eigenvalue weighted by Gasteiger charge is -2.32. The molecule has 8 heteroatoms. The Morgan fingerprint density at radius 2 is 1.97 bits per heavy atom. The van der Waals surface area contributed by atoms with Crippen LogP contribution >= 0.6 is 11.6 Å². The van der Waals surface area contributed by atoms with Crippen molar-refractivity contribution in [3.63, 3.8) is 0 Å². The fraction of sp³-hybridized carbons (Fsp3) is 0.417. The largest absolute Gasteiger partial charge is 0.356 e. The second kappa shape index (κ2) is 10.6. The maximum Gasteiger partial charge on any atom is 0.261 e. The molecule has 0 unspecified atom stereocenters. The summed E-state index contributed by atoms with van der Waals surface area (Å²) in [6, 6.07) is 11.1. The molecule has 0 radical (unpaired) electrons. The summed E-state index contributed by atoms with van der Waals surface area (Å²) in [6.07, 6.45) is 6.71. The number of anilines is 1. The molecule has 3 aromatic rings. The molecule has 0 saturated carbocycles. The number of nitrogens with one attached hydrogen (secondary N) is 1. The van der Waals surface area contributed by atoms with Crippen LogP contribution in [0.5, 0.6) is 0 Å². The number of carbonyl (C=O) groups is 1. The third kappa shape index (κ3) is 5.27. The lowest BCUT2D eigenvalue weighted by atomic mass is 9.95. The first-order chi connectivity index (χ1) is 15.7. The summed E-state index contributed by atoms with van der Waals surface area (Å²) >= 11 is 5.97. The molecule has 0 atom stereocenters. The average Bonchev–Trinajstić information content (AvgIpc) is 3.32. The van der Waals surface area contributed by atoms with Crippen LogP contribution in [-0.2, 0) is 4.79 Å². The Morgan fingerprint density at radius 1 is 1.19 bits per heavy atom. The molecule has 168 valence electrons. The summed E-state index contributed by atoms with van der Waals surface area (Å²) in [5, 5.41) is 7.87. The van der Waals surface area contributed by atoms with Crippen molar-refractivity contribution in [1.29, 1.82) is 0 Å². The van der Waals surface area contributed by atoms with Crippen LogP contribution in [-0.4, -0.2) is 40.7 Å². The van der Waals surface area contributed by atoms with Gasteiger partial charge in [0.15, 0.2) is 0 Å². The number of aromatic nitrogens is 3. The molecule has 1 N–H and O–H groups in total. The topological polar surface area (TPSA) is 84.2 Å². The van der Waals surface area contributed by atoms with Crippen LogP contribution in [0.4, 0.5) is 5.82 Å². The van der Waals surface area contributed by atoms with E-state index in [0.717, 1.165) is 68.7 Å². The van der Waals surface area contributed by atoms with E-state index in [1.165, 1.54) is 0 Å². The van der Waals surface area contributed by atoms with E-state index in [2.05, 4.69) is 32.3 Å². The summed E-state index contributed by atoms with van der Waals surface area (Å²) in [6.45, 7) is 4.45. The van der Waals surface area contributed by atoms with E-state index in [1.54, 1.807) is 18.3 Å². The van der Waals surface area contributed by atoms with Crippen molar-refractivity contribution in [2.24, 2.45) is 5.92 Å². The zero-order valence-corrected chi connectivity index (χ0v) is 19.0. The van der Waals surface area contributed by atoms with Gasteiger partial charge in [-0.15, -0.1) is 0 Å². The van der Waals surface area contributed by atoms with Gasteiger partial charge in [-0.3, -0.25) is 4.79 Å². The molecule has 0 aliphatic carbocycles. The lowest BCUT2D eigenvalue weighted by Crippen LogP contribution is -2.41. The Bertz CT molecular complexity index is 1030. The lowest BCUT2D eigenvalue weighted by molar-refractivity contribution is -0.125. The number of carbonyl (C=O) groups excluding carboxylic acids is 1. The van der Waals surface area contributed by atoms with Crippen LogP contribution in [0.15, 0.2) is 47.1 Å². The molecule has 0 spiro atoms. The Balaban J connectivity index is 1.43. The molecule has 7 nitrogen and oxygen atoms in total. The number of hydrogen-bond donors (Lipinski definition) is 1. The van der Waals surface area contributed by atoms with Gasteiger partial charge in [0.25, 0.3) is 5.89 Å². The standard InChI is InChI=1S/C24H28ClN5O2/c1-2-3-4-13-27-23(31)18-11-15-30(16-12-18)22-20(6-5-14-26-22)24-28-21(29-32-24)17-7-9-19(25)10-8-17/h5-10,14,18H,2-4,11-13,15-16H2,1H3,(H,27,31). The van der Waals surface area contributed by atoms with Crippen molar-refractivity contribution >= 4 is 23.3 Å². The summed E-state index contributed by atoms with van der Waals surface area (Å²) < 4.78 is 5.57. The highest BCUT2D eigenvalue weighted by Gasteiger charge is 2.27. The van der Waals surface area contributed by atoms with Crippen molar-refractivity contribution in [3.05, 3.63) is 47.6 Å². The van der Waals surface area contributed by atoms with E-state index in [4.69, 9.17) is 16.1 Å². The van der Waals surface area contributed by atoms with E-state index in [0.29, 0.717) is 16.7 Å². The molecule has 2 aromatic heterocycles. The second-order valence-electron chi connectivity index (χ2n) is 8.06. The number of amides is 1. The average molecular weight is 454 g/mol. The molecule has 1 saturated heterocycles. The molecule has 1 aromatic carbocycles. The number of hydrogen-bond acceptors (Lipinski definition) is 6. The molecule has 3 heterocycles. The minimum absolute atomic E-state index is 0.0555. The van der Waals surface area contributed by atoms with Crippen molar-refractivity contribution in [2.45, 2.75) is 39.0 Å². The van der Waals surface area contributed by atoms with Gasteiger partial charge in [-0.2, -0.15) is 4.98 Å². The van der Waals surface area contributed by atoms with Gasteiger partial charge < -0.3 is 14.7 Å². The summed E-state index contributed by atoms with van der Waals surface area (Å²) in [5.41, 5.74) is 1.63. The van der Waals surface area contributed by atoms with Gasteiger partial charge >= 0.3 is 0 Å². The fourth-order valence-corrected chi connectivity index (χ4v) is 4.08. The quantitative estimate of drug-likeness (QED) is 0.484. The first-order valence-electron chi connectivity index (χ1n) is 11.2. The van der Waals surface area contributed by atoms with Crippen LogP contribution < -0.4 is 10.2 Å². The zero-order chi connectivity index (χ0) is 22.3. The fourth-order valence-electron chi connectivity index (χ4n) is 3.95. The van der Waals surface area contributed by atoms with E-state index < -0.39 is 0 Å². The SMILES string of the molecule is CCCCCNC(=O)C1CCN(c2ncccc2-c2nc(-c3ccc(Cl)cc3)no2)CC1. The third-order valence-corrected chi connectivity index (χ3v) is 6.04. The summed E-state index contributed by atoms with van der Waals surface area (Å²) in [7, 11) is 0. The Morgan fingerprint density at radius 3 is 2.72 bits per heavy atom. The van der Waals surface area contributed by atoms with Crippen LogP contribution in [0.25, 0.3) is 22.8 Å². The molecule has 4 rings (SSSR count). The number of nitrogens with zero attached hydrogens (tertiary/aromatic N) is 4. The predicted molar refractivity (Wildman–Crippen MR) is 125 cm³/mol. The molecule has 32 heavy (non-hydrogen) atoms. The number of unbranched alkanes of at least 4 members (excludes halogenated alkanes) is 2. The smallest absolute Gasteiger partial charge is 0.261 e. The van der Waals surface area contributed by atoms with Crippen molar-refractivity contribution in [2.75, 3.05) is 24.5 Å². The van der Waals surface area contributed by atoms with Gasteiger partial charge in [-0.25, -0.2) is 4.98 Å². The monoisotopic (exact) mass is 453 g/mol. The number of pyridine rings is 1. The Hall–Kier alpha value is -2.93. The van der Waals surface area contributed by atoms with Crippen molar-refractivity contribution < 1.29 is 9.32 Å². The maximum atomic E-state index is 12.5. The van der Waals surface area contributed by atoms with Gasteiger partial charge in [-0.1, -0.05) is 36.5 Å².